The van der Waals surface area contributed by atoms with E-state index in [2.05, 4.69) is 14.5 Å². The molecule has 0 spiro atoms. The zero-order valence-corrected chi connectivity index (χ0v) is 6.93. The number of ether oxygens (including phenoxy) is 1. The predicted molar refractivity (Wildman–Crippen MR) is 30.2 cm³/mol. The van der Waals surface area contributed by atoms with E-state index >= 15 is 0 Å². The van der Waals surface area contributed by atoms with Crippen molar-refractivity contribution in [1.82, 2.24) is 0 Å². The van der Waals surface area contributed by atoms with Gasteiger partial charge < -0.3 is 4.74 Å². The van der Waals surface area contributed by atoms with E-state index in [1.165, 1.54) is 0 Å². The zero-order chi connectivity index (χ0) is 12.3. The smallest absolute Gasteiger partial charge is 0.385 e. The molecule has 0 fully saturated rings. The molecular formula is C5H3F5O5. The Labute approximate surface area is 78.6 Å². The Morgan fingerprint density at radius 2 is 1.47 bits per heavy atom. The molecule has 0 bridgehead atoms. The summed E-state index contributed by atoms with van der Waals surface area (Å²) in [6, 6.07) is 0. The molecule has 0 amide bonds. The van der Waals surface area contributed by atoms with E-state index in [0.29, 0.717) is 0 Å². The highest BCUT2D eigenvalue weighted by Gasteiger charge is 2.62. The van der Waals surface area contributed by atoms with Crippen molar-refractivity contribution in [2.45, 2.75) is 12.3 Å². The topological polar surface area (TPSA) is 61.8 Å². The number of carbonyl (C=O) groups is 2. The summed E-state index contributed by atoms with van der Waals surface area (Å²) >= 11 is 0. The molecular weight excluding hydrogens is 235 g/mol. The Hall–Kier alpha value is -1.45. The van der Waals surface area contributed by atoms with Gasteiger partial charge in [-0.1, -0.05) is 0 Å². The minimum atomic E-state index is -6.12. The second-order valence-corrected chi connectivity index (χ2v) is 1.94. The maximum atomic E-state index is 12.0. The first-order chi connectivity index (χ1) is 6.62. The van der Waals surface area contributed by atoms with E-state index in [0.717, 1.165) is 7.11 Å². The van der Waals surface area contributed by atoms with E-state index in [9.17, 15) is 31.5 Å². The Bertz CT molecular complexity index is 259. The highest BCUT2D eigenvalue weighted by Crippen LogP contribution is 2.36. The summed E-state index contributed by atoms with van der Waals surface area (Å²) in [5.74, 6) is -4.67. The van der Waals surface area contributed by atoms with Gasteiger partial charge in [-0.25, -0.2) is 9.59 Å². The normalized spacial score (nSPS) is 12.1. The Morgan fingerprint density at radius 1 is 1.00 bits per heavy atom. The molecule has 0 aromatic rings. The highest BCUT2D eigenvalue weighted by atomic mass is 19.4. The van der Waals surface area contributed by atoms with Crippen LogP contribution in [0.4, 0.5) is 22.0 Å². The third-order valence-electron chi connectivity index (χ3n) is 0.877. The van der Waals surface area contributed by atoms with Crippen molar-refractivity contribution in [3.8, 4) is 0 Å². The Kier molecular flexibility index (Phi) is 3.96. The quantitative estimate of drug-likeness (QED) is 0.234. The number of halogens is 5. The number of carbonyl (C=O) groups excluding carboxylic acids is 2. The first kappa shape index (κ1) is 13.6. The highest BCUT2D eigenvalue weighted by molar-refractivity contribution is 6.29. The van der Waals surface area contributed by atoms with Crippen LogP contribution in [0.25, 0.3) is 0 Å². The van der Waals surface area contributed by atoms with Gasteiger partial charge in [0.1, 0.15) is 0 Å². The fraction of sp³-hybridized carbons (Fsp3) is 0.600. The zero-order valence-electron chi connectivity index (χ0n) is 6.93. The van der Waals surface area contributed by atoms with Crippen LogP contribution < -0.4 is 0 Å². The SMILES string of the molecule is COOC(=O)C(=O)OC(F)(F)C(F)(F)F. The van der Waals surface area contributed by atoms with Crippen molar-refractivity contribution < 1.29 is 46.1 Å². The fourth-order valence-corrected chi connectivity index (χ4v) is 0.326. The number of esters is 1. The molecule has 0 unspecified atom stereocenters. The standard InChI is InChI=1S/C5H3F5O5/c1-13-15-3(12)2(11)14-5(9,10)4(6,7)8/h1H3. The molecule has 0 rings (SSSR count). The lowest BCUT2D eigenvalue weighted by molar-refractivity contribution is -0.376. The summed E-state index contributed by atoms with van der Waals surface area (Å²) < 4.78 is 60.8. The van der Waals surface area contributed by atoms with Crippen LogP contribution in [0.5, 0.6) is 0 Å². The van der Waals surface area contributed by atoms with E-state index in [-0.39, 0.29) is 0 Å². The molecule has 0 aliphatic carbocycles. The summed E-state index contributed by atoms with van der Waals surface area (Å²) in [5, 5.41) is 0. The molecule has 0 aromatic heterocycles. The third-order valence-corrected chi connectivity index (χ3v) is 0.877. The Balaban J connectivity index is 4.48. The fourth-order valence-electron chi connectivity index (χ4n) is 0.326. The molecule has 0 aliphatic heterocycles. The van der Waals surface area contributed by atoms with E-state index in [1.54, 1.807) is 0 Å². The number of rotatable bonds is 2. The number of alkyl halides is 5. The van der Waals surface area contributed by atoms with Crippen molar-refractivity contribution in [3.05, 3.63) is 0 Å². The van der Waals surface area contributed by atoms with Gasteiger partial charge in [-0.15, -0.1) is 0 Å². The first-order valence-electron chi connectivity index (χ1n) is 3.04. The monoisotopic (exact) mass is 238 g/mol. The molecule has 10 heteroatoms. The molecule has 0 aromatic carbocycles. The molecule has 0 N–H and O–H groups in total. The Morgan fingerprint density at radius 3 is 1.80 bits per heavy atom. The third kappa shape index (κ3) is 3.65. The molecule has 0 radical (unpaired) electrons. The van der Waals surface area contributed by atoms with Gasteiger partial charge in [0.15, 0.2) is 0 Å². The van der Waals surface area contributed by atoms with Crippen molar-refractivity contribution >= 4 is 11.9 Å². The molecule has 88 valence electrons. The van der Waals surface area contributed by atoms with Crippen molar-refractivity contribution in [2.75, 3.05) is 7.11 Å². The van der Waals surface area contributed by atoms with Gasteiger partial charge in [-0.05, 0) is 0 Å². The van der Waals surface area contributed by atoms with Gasteiger partial charge in [0.05, 0.1) is 7.11 Å². The molecule has 0 saturated carbocycles. The van der Waals surface area contributed by atoms with Gasteiger partial charge in [-0.2, -0.15) is 26.8 Å². The molecule has 0 aliphatic rings. The van der Waals surface area contributed by atoms with Gasteiger partial charge in [0.2, 0.25) is 0 Å². The lowest BCUT2D eigenvalue weighted by Crippen LogP contribution is -2.42. The van der Waals surface area contributed by atoms with Crippen LogP contribution in [-0.2, 0) is 24.1 Å². The van der Waals surface area contributed by atoms with Gasteiger partial charge >= 0.3 is 24.2 Å². The minimum absolute atomic E-state index is 0.729. The second kappa shape index (κ2) is 4.38. The molecule has 5 nitrogen and oxygen atoms in total. The second-order valence-electron chi connectivity index (χ2n) is 1.94. The molecule has 0 atom stereocenters. The average Bonchev–Trinajstić information content (AvgIpc) is 2.01. The van der Waals surface area contributed by atoms with E-state index in [4.69, 9.17) is 0 Å². The van der Waals surface area contributed by atoms with Crippen LogP contribution in [0, 0.1) is 0 Å². The van der Waals surface area contributed by atoms with Gasteiger partial charge in [0, 0.05) is 0 Å². The summed E-state index contributed by atoms with van der Waals surface area (Å²) in [6.45, 7) is 0. The summed E-state index contributed by atoms with van der Waals surface area (Å²) in [7, 11) is 0.729. The molecule has 0 saturated heterocycles. The van der Waals surface area contributed by atoms with Crippen molar-refractivity contribution in [2.24, 2.45) is 0 Å². The summed E-state index contributed by atoms with van der Waals surface area (Å²) in [4.78, 5) is 27.4. The maximum Gasteiger partial charge on any atom is 0.501 e. The number of hydrogen-bond acceptors (Lipinski definition) is 5. The van der Waals surface area contributed by atoms with Crippen LogP contribution in [0.1, 0.15) is 0 Å². The van der Waals surface area contributed by atoms with E-state index in [1.807, 2.05) is 0 Å². The summed E-state index contributed by atoms with van der Waals surface area (Å²) in [5.41, 5.74) is 0. The lowest BCUT2D eigenvalue weighted by Gasteiger charge is -2.17. The van der Waals surface area contributed by atoms with Crippen molar-refractivity contribution in [3.63, 3.8) is 0 Å². The van der Waals surface area contributed by atoms with Gasteiger partial charge in [-0.3, -0.25) is 4.89 Å². The van der Waals surface area contributed by atoms with Crippen LogP contribution in [0.2, 0.25) is 0 Å². The number of hydrogen-bond donors (Lipinski definition) is 0. The van der Waals surface area contributed by atoms with Crippen LogP contribution in [0.15, 0.2) is 0 Å². The maximum absolute atomic E-state index is 12.0. The lowest BCUT2D eigenvalue weighted by atomic mass is 10.6. The van der Waals surface area contributed by atoms with Crippen LogP contribution in [0.3, 0.4) is 0 Å². The van der Waals surface area contributed by atoms with Crippen molar-refractivity contribution in [1.29, 1.82) is 0 Å². The predicted octanol–water partition coefficient (Wildman–Crippen LogP) is 0.789. The largest absolute Gasteiger partial charge is 0.501 e. The van der Waals surface area contributed by atoms with E-state index < -0.39 is 24.2 Å². The first-order valence-corrected chi connectivity index (χ1v) is 3.04. The molecule has 15 heavy (non-hydrogen) atoms. The molecule has 0 heterocycles. The summed E-state index contributed by atoms with van der Waals surface area (Å²) in [6.07, 6.45) is -11.9. The van der Waals surface area contributed by atoms with Crippen LogP contribution in [-0.4, -0.2) is 31.3 Å². The van der Waals surface area contributed by atoms with Gasteiger partial charge in [0.25, 0.3) is 0 Å². The minimum Gasteiger partial charge on any atom is -0.385 e. The van der Waals surface area contributed by atoms with Crippen LogP contribution >= 0.6 is 0 Å². The average molecular weight is 238 g/mol.